The predicted octanol–water partition coefficient (Wildman–Crippen LogP) is 6.80. The number of carboxylic acids is 1. The topological polar surface area (TPSA) is 49.8 Å². The van der Waals surface area contributed by atoms with Gasteiger partial charge in [-0.15, -0.1) is 0 Å². The van der Waals surface area contributed by atoms with Crippen LogP contribution in [0.25, 0.3) is 10.8 Å². The molecule has 1 N–H and O–H groups in total. The first-order chi connectivity index (χ1) is 16.4. The van der Waals surface area contributed by atoms with Gasteiger partial charge in [-0.3, -0.25) is 9.69 Å². The van der Waals surface area contributed by atoms with E-state index in [9.17, 15) is 36.2 Å². The third-order valence-corrected chi connectivity index (χ3v) is 7.04. The smallest absolute Gasteiger partial charge is 0.420 e. The molecule has 1 atom stereocenters. The Morgan fingerprint density at radius 3 is 2.31 bits per heavy atom. The Labute approximate surface area is 198 Å². The number of carbonyl (C=O) groups is 1. The van der Waals surface area contributed by atoms with E-state index < -0.39 is 41.9 Å². The van der Waals surface area contributed by atoms with E-state index in [-0.39, 0.29) is 36.8 Å². The molecule has 192 valence electrons. The zero-order valence-corrected chi connectivity index (χ0v) is 19.0. The average molecular weight is 503 g/mol. The van der Waals surface area contributed by atoms with Crippen LogP contribution in [0.1, 0.15) is 56.1 Å². The maximum absolute atomic E-state index is 14.1. The molecule has 1 heterocycles. The lowest BCUT2D eigenvalue weighted by Gasteiger charge is -2.33. The van der Waals surface area contributed by atoms with Gasteiger partial charge in [0.1, 0.15) is 17.4 Å². The SMILES string of the molecule is O=C(O)C1CCCCN1Cc1ccc2c(C(F)(F)F)c(O[C@H]3CC[C@@H](C(F)(F)F)CC3)ccc2c1. The van der Waals surface area contributed by atoms with Crippen molar-refractivity contribution in [3.63, 3.8) is 0 Å². The van der Waals surface area contributed by atoms with E-state index in [1.54, 1.807) is 12.1 Å². The Kier molecular flexibility index (Phi) is 7.22. The summed E-state index contributed by atoms with van der Waals surface area (Å²) in [5.74, 6) is -2.73. The minimum atomic E-state index is -4.72. The van der Waals surface area contributed by atoms with Gasteiger partial charge in [-0.2, -0.15) is 26.3 Å². The second-order valence-corrected chi connectivity index (χ2v) is 9.45. The minimum absolute atomic E-state index is 0.0407. The summed E-state index contributed by atoms with van der Waals surface area (Å²) >= 11 is 0. The van der Waals surface area contributed by atoms with Crippen molar-refractivity contribution in [3.8, 4) is 5.75 Å². The number of halogens is 6. The number of hydrogen-bond donors (Lipinski definition) is 1. The van der Waals surface area contributed by atoms with Crippen molar-refractivity contribution < 1.29 is 41.0 Å². The number of alkyl halides is 6. The van der Waals surface area contributed by atoms with Gasteiger partial charge in [-0.1, -0.05) is 24.6 Å². The third kappa shape index (κ3) is 5.85. The summed E-state index contributed by atoms with van der Waals surface area (Å²) < 4.78 is 86.5. The van der Waals surface area contributed by atoms with Crippen LogP contribution in [0, 0.1) is 5.92 Å². The Morgan fingerprint density at radius 1 is 0.971 bits per heavy atom. The monoisotopic (exact) mass is 503 g/mol. The van der Waals surface area contributed by atoms with Gasteiger partial charge in [0.25, 0.3) is 0 Å². The molecular formula is C25H27F6NO3. The van der Waals surface area contributed by atoms with Gasteiger partial charge in [-0.05, 0) is 73.5 Å². The molecule has 10 heteroatoms. The molecule has 0 aromatic heterocycles. The summed E-state index contributed by atoms with van der Waals surface area (Å²) in [5.41, 5.74) is -0.237. The highest BCUT2D eigenvalue weighted by molar-refractivity contribution is 5.89. The maximum atomic E-state index is 14.1. The van der Waals surface area contributed by atoms with Gasteiger partial charge in [0, 0.05) is 6.54 Å². The van der Waals surface area contributed by atoms with Crippen molar-refractivity contribution in [3.05, 3.63) is 41.5 Å². The molecule has 4 nitrogen and oxygen atoms in total. The van der Waals surface area contributed by atoms with Gasteiger partial charge >= 0.3 is 18.3 Å². The van der Waals surface area contributed by atoms with E-state index in [0.29, 0.717) is 30.5 Å². The molecule has 1 saturated heterocycles. The van der Waals surface area contributed by atoms with Gasteiger partial charge in [0.15, 0.2) is 0 Å². The van der Waals surface area contributed by atoms with Gasteiger partial charge in [0.2, 0.25) is 0 Å². The Morgan fingerprint density at radius 2 is 1.69 bits per heavy atom. The summed E-state index contributed by atoms with van der Waals surface area (Å²) in [5, 5.41) is 9.75. The van der Waals surface area contributed by atoms with E-state index in [4.69, 9.17) is 4.74 Å². The number of hydrogen-bond acceptors (Lipinski definition) is 3. The van der Waals surface area contributed by atoms with E-state index in [1.807, 2.05) is 4.90 Å². The quantitative estimate of drug-likeness (QED) is 0.456. The van der Waals surface area contributed by atoms with Gasteiger partial charge < -0.3 is 9.84 Å². The van der Waals surface area contributed by atoms with Crippen molar-refractivity contribution in [1.29, 1.82) is 0 Å². The molecule has 0 amide bonds. The maximum Gasteiger partial charge on any atom is 0.420 e. The summed E-state index contributed by atoms with van der Waals surface area (Å²) in [6.07, 6.45) is -7.77. The zero-order chi connectivity index (χ0) is 25.4. The third-order valence-electron chi connectivity index (χ3n) is 7.04. The normalized spacial score (nSPS) is 24.5. The Hall–Kier alpha value is -2.49. The Balaban J connectivity index is 1.57. The van der Waals surface area contributed by atoms with Gasteiger partial charge in [-0.25, -0.2) is 0 Å². The van der Waals surface area contributed by atoms with Gasteiger partial charge in [0.05, 0.1) is 12.0 Å². The molecule has 1 aliphatic heterocycles. The summed E-state index contributed by atoms with van der Waals surface area (Å²) in [7, 11) is 0. The lowest BCUT2D eigenvalue weighted by molar-refractivity contribution is -0.185. The number of ether oxygens (including phenoxy) is 1. The van der Waals surface area contributed by atoms with E-state index in [2.05, 4.69) is 0 Å². The van der Waals surface area contributed by atoms with Crippen LogP contribution < -0.4 is 4.74 Å². The fourth-order valence-electron chi connectivity index (χ4n) is 5.23. The highest BCUT2D eigenvalue weighted by Gasteiger charge is 2.43. The summed E-state index contributed by atoms with van der Waals surface area (Å²) in [6.45, 7) is 0.918. The lowest BCUT2D eigenvalue weighted by atomic mass is 9.87. The van der Waals surface area contributed by atoms with Crippen LogP contribution in [-0.4, -0.2) is 40.8 Å². The van der Waals surface area contributed by atoms with Crippen LogP contribution in [0.15, 0.2) is 30.3 Å². The van der Waals surface area contributed by atoms with Crippen LogP contribution in [0.3, 0.4) is 0 Å². The Bertz CT molecular complexity index is 1060. The molecule has 2 fully saturated rings. The van der Waals surface area contributed by atoms with Crippen LogP contribution in [0.4, 0.5) is 26.3 Å². The number of benzene rings is 2. The molecule has 2 aliphatic rings. The molecule has 35 heavy (non-hydrogen) atoms. The number of carboxylic acid groups (broad SMARTS) is 1. The molecule has 4 rings (SSSR count). The van der Waals surface area contributed by atoms with Crippen molar-refractivity contribution in [2.45, 2.75) is 76.0 Å². The second-order valence-electron chi connectivity index (χ2n) is 9.45. The fourth-order valence-corrected chi connectivity index (χ4v) is 5.23. The van der Waals surface area contributed by atoms with Crippen LogP contribution in [0.2, 0.25) is 0 Å². The highest BCUT2D eigenvalue weighted by atomic mass is 19.4. The number of likely N-dealkylation sites (tertiary alicyclic amines) is 1. The molecule has 2 aromatic rings. The number of rotatable bonds is 5. The second kappa shape index (κ2) is 9.87. The van der Waals surface area contributed by atoms with Crippen molar-refractivity contribution in [2.24, 2.45) is 5.92 Å². The number of nitrogens with zero attached hydrogens (tertiary/aromatic N) is 1. The van der Waals surface area contributed by atoms with E-state index >= 15 is 0 Å². The van der Waals surface area contributed by atoms with Crippen molar-refractivity contribution >= 4 is 16.7 Å². The number of fused-ring (bicyclic) bond motifs is 1. The lowest BCUT2D eigenvalue weighted by Crippen LogP contribution is -2.43. The zero-order valence-electron chi connectivity index (χ0n) is 19.0. The molecular weight excluding hydrogens is 476 g/mol. The molecule has 2 aromatic carbocycles. The number of aliphatic carboxylic acids is 1. The van der Waals surface area contributed by atoms with Crippen LogP contribution in [-0.2, 0) is 17.5 Å². The predicted molar refractivity (Wildman–Crippen MR) is 117 cm³/mol. The molecule has 1 saturated carbocycles. The first kappa shape index (κ1) is 25.6. The van der Waals surface area contributed by atoms with E-state index in [0.717, 1.165) is 12.8 Å². The van der Waals surface area contributed by atoms with Crippen molar-refractivity contribution in [1.82, 2.24) is 4.90 Å². The standard InChI is InChI=1S/C25H27F6NO3/c26-24(27,28)17-6-8-18(9-7-17)35-21-11-5-16-13-15(4-10-19(16)22(21)25(29,30)31)14-32-12-2-1-3-20(32)23(33)34/h4-5,10-11,13,17-18,20H,1-3,6-9,12,14H2,(H,33,34)/t17-,18+,20?. The molecule has 0 radical (unpaired) electrons. The van der Waals surface area contributed by atoms with Crippen LogP contribution >= 0.6 is 0 Å². The molecule has 1 unspecified atom stereocenters. The van der Waals surface area contributed by atoms with Crippen LogP contribution in [0.5, 0.6) is 5.75 Å². The summed E-state index contributed by atoms with van der Waals surface area (Å²) in [4.78, 5) is 13.4. The fraction of sp³-hybridized carbons (Fsp3) is 0.560. The largest absolute Gasteiger partial charge is 0.490 e. The van der Waals surface area contributed by atoms with E-state index in [1.165, 1.54) is 18.2 Å². The molecule has 0 spiro atoms. The molecule has 0 bridgehead atoms. The first-order valence-electron chi connectivity index (χ1n) is 11.8. The average Bonchev–Trinajstić information content (AvgIpc) is 2.78. The molecule has 1 aliphatic carbocycles. The highest BCUT2D eigenvalue weighted by Crippen LogP contribution is 2.44. The van der Waals surface area contributed by atoms with Crippen molar-refractivity contribution in [2.75, 3.05) is 6.54 Å². The number of piperidine rings is 1. The summed E-state index contributed by atoms with van der Waals surface area (Å²) in [6, 6.07) is 6.66. The first-order valence-corrected chi connectivity index (χ1v) is 11.8. The minimum Gasteiger partial charge on any atom is -0.490 e.